The van der Waals surface area contributed by atoms with Gasteiger partial charge in [0.05, 0.1) is 17.8 Å². The summed E-state index contributed by atoms with van der Waals surface area (Å²) in [6.07, 6.45) is 1.61. The van der Waals surface area contributed by atoms with Crippen LogP contribution in [0.5, 0.6) is 0 Å². The summed E-state index contributed by atoms with van der Waals surface area (Å²) >= 11 is 1.40. The van der Waals surface area contributed by atoms with E-state index >= 15 is 0 Å². The summed E-state index contributed by atoms with van der Waals surface area (Å²) in [5.41, 5.74) is 2.08. The van der Waals surface area contributed by atoms with E-state index in [4.69, 9.17) is 5.11 Å². The number of hydrogen-bond donors (Lipinski definition) is 1. The first kappa shape index (κ1) is 11.8. The lowest BCUT2D eigenvalue weighted by Gasteiger charge is -1.96. The average Bonchev–Trinajstić information content (AvgIpc) is 2.90. The van der Waals surface area contributed by atoms with Crippen LogP contribution >= 0.6 is 11.3 Å². The van der Waals surface area contributed by atoms with E-state index in [2.05, 4.69) is 15.1 Å². The van der Waals surface area contributed by atoms with E-state index in [1.165, 1.54) is 11.3 Å². The third-order valence-corrected chi connectivity index (χ3v) is 3.63. The standard InChI is InChI=1S/C12H10N4O2S/c1-7-9(6-10(17)18)16-12(14-7)19-11(15-16)8-4-2-3-5-13-8/h2-5H,6H2,1H3,(H,17,18). The number of aliphatic carboxylic acids is 1. The molecule has 0 atom stereocenters. The minimum absolute atomic E-state index is 0.0849. The van der Waals surface area contributed by atoms with E-state index < -0.39 is 5.97 Å². The molecule has 0 aliphatic rings. The third-order valence-electron chi connectivity index (χ3n) is 2.70. The Labute approximate surface area is 112 Å². The quantitative estimate of drug-likeness (QED) is 0.787. The highest BCUT2D eigenvalue weighted by Crippen LogP contribution is 2.25. The number of fused-ring (bicyclic) bond motifs is 1. The van der Waals surface area contributed by atoms with Crippen LogP contribution in [0.15, 0.2) is 24.4 Å². The molecule has 7 heteroatoms. The van der Waals surface area contributed by atoms with Crippen molar-refractivity contribution >= 4 is 22.3 Å². The van der Waals surface area contributed by atoms with Crippen molar-refractivity contribution in [3.05, 3.63) is 35.8 Å². The molecule has 0 saturated carbocycles. The van der Waals surface area contributed by atoms with Crippen LogP contribution in [0.2, 0.25) is 0 Å². The Kier molecular flexibility index (Phi) is 2.75. The zero-order chi connectivity index (χ0) is 13.4. The summed E-state index contributed by atoms with van der Waals surface area (Å²) in [6.45, 7) is 1.79. The van der Waals surface area contributed by atoms with Crippen LogP contribution in [0, 0.1) is 6.92 Å². The molecule has 3 aromatic heterocycles. The minimum atomic E-state index is -0.891. The van der Waals surface area contributed by atoms with Crippen molar-refractivity contribution in [2.24, 2.45) is 0 Å². The molecule has 0 aliphatic carbocycles. The summed E-state index contributed by atoms with van der Waals surface area (Å²) in [6, 6.07) is 5.58. The summed E-state index contributed by atoms with van der Waals surface area (Å²) in [5.74, 6) is -0.891. The number of aryl methyl sites for hydroxylation is 1. The second kappa shape index (κ2) is 4.43. The van der Waals surface area contributed by atoms with Crippen LogP contribution < -0.4 is 0 Å². The lowest BCUT2D eigenvalue weighted by molar-refractivity contribution is -0.136. The molecule has 19 heavy (non-hydrogen) atoms. The molecule has 6 nitrogen and oxygen atoms in total. The molecule has 0 bridgehead atoms. The smallest absolute Gasteiger partial charge is 0.309 e. The van der Waals surface area contributed by atoms with Crippen molar-refractivity contribution in [2.45, 2.75) is 13.3 Å². The first-order chi connectivity index (χ1) is 9.15. The second-order valence-corrected chi connectivity index (χ2v) is 4.99. The fourth-order valence-corrected chi connectivity index (χ4v) is 2.77. The molecule has 1 N–H and O–H groups in total. The Morgan fingerprint density at radius 3 is 3.00 bits per heavy atom. The maximum atomic E-state index is 10.9. The monoisotopic (exact) mass is 274 g/mol. The molecule has 3 heterocycles. The fraction of sp³-hybridized carbons (Fsp3) is 0.167. The van der Waals surface area contributed by atoms with Gasteiger partial charge in [0.25, 0.3) is 0 Å². The predicted octanol–water partition coefficient (Wildman–Crippen LogP) is 1.79. The average molecular weight is 274 g/mol. The molecule has 3 rings (SSSR count). The molecule has 3 aromatic rings. The topological polar surface area (TPSA) is 80.4 Å². The second-order valence-electron chi connectivity index (χ2n) is 4.03. The predicted molar refractivity (Wildman–Crippen MR) is 70.2 cm³/mol. The normalized spacial score (nSPS) is 11.0. The van der Waals surface area contributed by atoms with E-state index in [0.717, 1.165) is 10.7 Å². The lowest BCUT2D eigenvalue weighted by atomic mass is 10.3. The maximum Gasteiger partial charge on any atom is 0.309 e. The van der Waals surface area contributed by atoms with Crippen molar-refractivity contribution < 1.29 is 9.90 Å². The Hall–Kier alpha value is -2.28. The van der Waals surface area contributed by atoms with Gasteiger partial charge in [0, 0.05) is 6.20 Å². The zero-order valence-electron chi connectivity index (χ0n) is 10.1. The number of carboxylic acid groups (broad SMARTS) is 1. The van der Waals surface area contributed by atoms with Gasteiger partial charge in [-0.1, -0.05) is 17.4 Å². The number of hydrogen-bond acceptors (Lipinski definition) is 5. The van der Waals surface area contributed by atoms with Crippen molar-refractivity contribution in [3.8, 4) is 10.7 Å². The van der Waals surface area contributed by atoms with Gasteiger partial charge in [0.1, 0.15) is 5.69 Å². The molecular weight excluding hydrogens is 264 g/mol. The van der Waals surface area contributed by atoms with Crippen molar-refractivity contribution in [1.82, 2.24) is 19.6 Å². The maximum absolute atomic E-state index is 10.9. The number of imidazole rings is 1. The van der Waals surface area contributed by atoms with Crippen molar-refractivity contribution in [1.29, 1.82) is 0 Å². The number of carboxylic acids is 1. The minimum Gasteiger partial charge on any atom is -0.481 e. The SMILES string of the molecule is Cc1nc2sc(-c3ccccn3)nn2c1CC(=O)O. The van der Waals surface area contributed by atoms with Gasteiger partial charge in [-0.05, 0) is 19.1 Å². The molecule has 0 radical (unpaired) electrons. The fourth-order valence-electron chi connectivity index (χ4n) is 1.83. The van der Waals surface area contributed by atoms with Gasteiger partial charge in [0.15, 0.2) is 5.01 Å². The largest absolute Gasteiger partial charge is 0.481 e. The van der Waals surface area contributed by atoms with Crippen molar-refractivity contribution in [2.75, 3.05) is 0 Å². The number of pyridine rings is 1. The highest BCUT2D eigenvalue weighted by molar-refractivity contribution is 7.19. The molecule has 0 aromatic carbocycles. The highest BCUT2D eigenvalue weighted by atomic mass is 32.1. The van der Waals surface area contributed by atoms with Crippen LogP contribution in [0.1, 0.15) is 11.4 Å². The van der Waals surface area contributed by atoms with E-state index in [0.29, 0.717) is 16.3 Å². The van der Waals surface area contributed by atoms with Crippen LogP contribution in [0.25, 0.3) is 15.7 Å². The molecule has 0 spiro atoms. The van der Waals surface area contributed by atoms with Gasteiger partial charge in [-0.25, -0.2) is 9.50 Å². The Balaban J connectivity index is 2.12. The van der Waals surface area contributed by atoms with Crippen molar-refractivity contribution in [3.63, 3.8) is 0 Å². The third kappa shape index (κ3) is 2.08. The molecule has 0 aliphatic heterocycles. The van der Waals surface area contributed by atoms with E-state index in [1.807, 2.05) is 18.2 Å². The summed E-state index contributed by atoms with van der Waals surface area (Å²) in [7, 11) is 0. The molecule has 96 valence electrons. The molecule has 0 saturated heterocycles. The highest BCUT2D eigenvalue weighted by Gasteiger charge is 2.17. The molecule has 0 amide bonds. The molecule has 0 unspecified atom stereocenters. The number of aromatic nitrogens is 4. The Morgan fingerprint density at radius 2 is 2.32 bits per heavy atom. The van der Waals surface area contributed by atoms with Gasteiger partial charge in [0.2, 0.25) is 4.96 Å². The first-order valence-electron chi connectivity index (χ1n) is 5.63. The summed E-state index contributed by atoms with van der Waals surface area (Å²) in [5, 5.41) is 14.1. The van der Waals surface area contributed by atoms with Gasteiger partial charge in [-0.3, -0.25) is 9.78 Å². The van der Waals surface area contributed by atoms with Crippen LogP contribution in [0.4, 0.5) is 0 Å². The van der Waals surface area contributed by atoms with Crippen LogP contribution in [-0.2, 0) is 11.2 Å². The molecule has 0 fully saturated rings. The van der Waals surface area contributed by atoms with E-state index in [1.54, 1.807) is 17.6 Å². The zero-order valence-corrected chi connectivity index (χ0v) is 10.9. The Bertz CT molecular complexity index is 748. The number of nitrogens with zero attached hydrogens (tertiary/aromatic N) is 4. The molecular formula is C12H10N4O2S. The lowest BCUT2D eigenvalue weighted by Crippen LogP contribution is -2.05. The number of carbonyl (C=O) groups is 1. The van der Waals surface area contributed by atoms with Gasteiger partial charge in [-0.2, -0.15) is 5.10 Å². The van der Waals surface area contributed by atoms with E-state index in [9.17, 15) is 4.79 Å². The van der Waals surface area contributed by atoms with Crippen LogP contribution in [-0.4, -0.2) is 30.7 Å². The summed E-state index contributed by atoms with van der Waals surface area (Å²) in [4.78, 5) is 20.1. The Morgan fingerprint density at radius 1 is 1.47 bits per heavy atom. The van der Waals surface area contributed by atoms with Gasteiger partial charge >= 0.3 is 5.97 Å². The van der Waals surface area contributed by atoms with E-state index in [-0.39, 0.29) is 6.42 Å². The number of rotatable bonds is 3. The summed E-state index contributed by atoms with van der Waals surface area (Å²) < 4.78 is 1.60. The van der Waals surface area contributed by atoms with Gasteiger partial charge in [-0.15, -0.1) is 0 Å². The van der Waals surface area contributed by atoms with Gasteiger partial charge < -0.3 is 5.11 Å². The van der Waals surface area contributed by atoms with Crippen LogP contribution in [0.3, 0.4) is 0 Å². The first-order valence-corrected chi connectivity index (χ1v) is 6.45.